The summed E-state index contributed by atoms with van der Waals surface area (Å²) in [5, 5.41) is 0.294. The molecule has 1 aliphatic heterocycles. The number of imide groups is 1. The van der Waals surface area contributed by atoms with Crippen LogP contribution < -0.4 is 4.90 Å². The fourth-order valence-corrected chi connectivity index (χ4v) is 3.62. The number of halogens is 2. The Hall–Kier alpha value is -1.49. The number of carbonyl (C=O) groups is 2. The Kier molecular flexibility index (Phi) is 4.43. The summed E-state index contributed by atoms with van der Waals surface area (Å²) < 4.78 is 0. The van der Waals surface area contributed by atoms with Crippen LogP contribution in [-0.4, -0.2) is 17.1 Å². The number of hydrogen-bond donors (Lipinski definition) is 0. The van der Waals surface area contributed by atoms with Gasteiger partial charge in [-0.15, -0.1) is 11.8 Å². The molecule has 2 aromatic carbocycles. The first-order chi connectivity index (χ1) is 10.6. The molecule has 3 rings (SSSR count). The van der Waals surface area contributed by atoms with Gasteiger partial charge in [-0.1, -0.05) is 41.4 Å². The van der Waals surface area contributed by atoms with Crippen molar-refractivity contribution in [3.05, 3.63) is 58.6 Å². The van der Waals surface area contributed by atoms with Crippen molar-refractivity contribution in [1.82, 2.24) is 0 Å². The van der Waals surface area contributed by atoms with Crippen LogP contribution in [0.3, 0.4) is 0 Å². The van der Waals surface area contributed by atoms with Crippen molar-refractivity contribution in [3.8, 4) is 0 Å². The molecule has 1 atom stereocenters. The zero-order chi connectivity index (χ0) is 15.7. The highest BCUT2D eigenvalue weighted by Crippen LogP contribution is 2.35. The highest BCUT2D eigenvalue weighted by molar-refractivity contribution is 8.00. The second-order valence-corrected chi connectivity index (χ2v) is 6.88. The maximum atomic E-state index is 12.5. The normalized spacial score (nSPS) is 18.1. The molecule has 0 aromatic heterocycles. The molecule has 22 heavy (non-hydrogen) atoms. The number of rotatable bonds is 3. The van der Waals surface area contributed by atoms with Crippen LogP contribution in [0, 0.1) is 0 Å². The Balaban J connectivity index is 1.83. The van der Waals surface area contributed by atoms with Gasteiger partial charge in [0.2, 0.25) is 11.8 Å². The molecule has 0 radical (unpaired) electrons. The smallest absolute Gasteiger partial charge is 0.247 e. The number of hydrogen-bond acceptors (Lipinski definition) is 3. The monoisotopic (exact) mass is 351 g/mol. The molecular formula is C16H11Cl2NO2S. The topological polar surface area (TPSA) is 37.4 Å². The molecule has 0 N–H and O–H groups in total. The summed E-state index contributed by atoms with van der Waals surface area (Å²) >= 11 is 13.2. The predicted octanol–water partition coefficient (Wildman–Crippen LogP) is 4.42. The van der Waals surface area contributed by atoms with Crippen molar-refractivity contribution in [2.45, 2.75) is 16.6 Å². The molecule has 2 amide bonds. The third-order valence-corrected chi connectivity index (χ3v) is 5.22. The van der Waals surface area contributed by atoms with Gasteiger partial charge in [0.25, 0.3) is 0 Å². The van der Waals surface area contributed by atoms with E-state index in [0.29, 0.717) is 15.7 Å². The van der Waals surface area contributed by atoms with Crippen LogP contribution in [0.25, 0.3) is 0 Å². The van der Waals surface area contributed by atoms with Gasteiger partial charge in [-0.3, -0.25) is 9.59 Å². The predicted molar refractivity (Wildman–Crippen MR) is 89.7 cm³/mol. The van der Waals surface area contributed by atoms with Crippen LogP contribution in [-0.2, 0) is 9.59 Å². The number of carbonyl (C=O) groups excluding carboxylic acids is 2. The standard InChI is InChI=1S/C16H11Cl2NO2S/c17-12-7-6-10(8-13(12)18)19-15(20)9-14(16(19)21)22-11-4-2-1-3-5-11/h1-8,14H,9H2. The first-order valence-corrected chi connectivity index (χ1v) is 8.23. The minimum Gasteiger partial charge on any atom is -0.274 e. The largest absolute Gasteiger partial charge is 0.274 e. The third-order valence-electron chi connectivity index (χ3n) is 3.29. The van der Waals surface area contributed by atoms with Gasteiger partial charge in [0, 0.05) is 11.3 Å². The summed E-state index contributed by atoms with van der Waals surface area (Å²) in [7, 11) is 0. The van der Waals surface area contributed by atoms with Crippen molar-refractivity contribution in [3.63, 3.8) is 0 Å². The van der Waals surface area contributed by atoms with Crippen LogP contribution in [0.1, 0.15) is 6.42 Å². The van der Waals surface area contributed by atoms with Gasteiger partial charge in [-0.2, -0.15) is 0 Å². The molecule has 0 saturated carbocycles. The van der Waals surface area contributed by atoms with Gasteiger partial charge in [-0.05, 0) is 30.3 Å². The van der Waals surface area contributed by atoms with Gasteiger partial charge in [0.1, 0.15) is 0 Å². The average molecular weight is 352 g/mol. The number of benzene rings is 2. The Morgan fingerprint density at radius 1 is 1.00 bits per heavy atom. The minimum absolute atomic E-state index is 0.179. The Morgan fingerprint density at radius 2 is 1.73 bits per heavy atom. The zero-order valence-electron chi connectivity index (χ0n) is 11.3. The van der Waals surface area contributed by atoms with E-state index >= 15 is 0 Å². The fraction of sp³-hybridized carbons (Fsp3) is 0.125. The lowest BCUT2D eigenvalue weighted by molar-refractivity contribution is -0.121. The SMILES string of the molecule is O=C1CC(Sc2ccccc2)C(=O)N1c1ccc(Cl)c(Cl)c1. The van der Waals surface area contributed by atoms with E-state index < -0.39 is 5.25 Å². The number of thioether (sulfide) groups is 1. The van der Waals surface area contributed by atoms with Crippen LogP contribution in [0.15, 0.2) is 53.4 Å². The maximum Gasteiger partial charge on any atom is 0.247 e. The second-order valence-electron chi connectivity index (χ2n) is 4.79. The molecule has 0 aliphatic carbocycles. The van der Waals surface area contributed by atoms with E-state index in [9.17, 15) is 9.59 Å². The lowest BCUT2D eigenvalue weighted by atomic mass is 10.3. The molecule has 0 spiro atoms. The Labute approximate surface area is 142 Å². The van der Waals surface area contributed by atoms with E-state index in [1.54, 1.807) is 12.1 Å². The van der Waals surface area contributed by atoms with Gasteiger partial charge in [0.15, 0.2) is 0 Å². The summed E-state index contributed by atoms with van der Waals surface area (Å²) in [5.74, 6) is -0.450. The van der Waals surface area contributed by atoms with Crippen LogP contribution in [0.2, 0.25) is 10.0 Å². The summed E-state index contributed by atoms with van der Waals surface area (Å²) in [5.41, 5.74) is 0.459. The molecule has 3 nitrogen and oxygen atoms in total. The number of amides is 2. The second kappa shape index (κ2) is 6.32. The van der Waals surface area contributed by atoms with Gasteiger partial charge in [-0.25, -0.2) is 4.90 Å². The van der Waals surface area contributed by atoms with Gasteiger partial charge >= 0.3 is 0 Å². The van der Waals surface area contributed by atoms with E-state index in [0.717, 1.165) is 4.90 Å². The molecular weight excluding hydrogens is 341 g/mol. The van der Waals surface area contributed by atoms with Crippen molar-refractivity contribution in [2.24, 2.45) is 0 Å². The lowest BCUT2D eigenvalue weighted by Crippen LogP contribution is -2.31. The van der Waals surface area contributed by atoms with E-state index in [-0.39, 0.29) is 18.2 Å². The number of nitrogens with zero attached hydrogens (tertiary/aromatic N) is 1. The molecule has 6 heteroatoms. The fourth-order valence-electron chi connectivity index (χ4n) is 2.25. The molecule has 1 unspecified atom stereocenters. The van der Waals surface area contributed by atoms with Gasteiger partial charge in [0.05, 0.1) is 21.0 Å². The van der Waals surface area contributed by atoms with Crippen LogP contribution >= 0.6 is 35.0 Å². The third kappa shape index (κ3) is 3.00. The first-order valence-electron chi connectivity index (χ1n) is 6.60. The summed E-state index contributed by atoms with van der Waals surface area (Å²) in [6.07, 6.45) is 0.179. The lowest BCUT2D eigenvalue weighted by Gasteiger charge is -2.15. The van der Waals surface area contributed by atoms with Crippen molar-refractivity contribution < 1.29 is 9.59 Å². The molecule has 2 aromatic rings. The molecule has 1 saturated heterocycles. The quantitative estimate of drug-likeness (QED) is 0.768. The Bertz CT molecular complexity index is 736. The summed E-state index contributed by atoms with van der Waals surface area (Å²) in [6.45, 7) is 0. The molecule has 1 fully saturated rings. The number of anilines is 1. The summed E-state index contributed by atoms with van der Waals surface area (Å²) in [4.78, 5) is 26.9. The van der Waals surface area contributed by atoms with E-state index in [4.69, 9.17) is 23.2 Å². The maximum absolute atomic E-state index is 12.5. The van der Waals surface area contributed by atoms with E-state index in [1.807, 2.05) is 30.3 Å². The molecule has 1 heterocycles. The minimum atomic E-state index is -0.413. The molecule has 1 aliphatic rings. The van der Waals surface area contributed by atoms with Gasteiger partial charge < -0.3 is 0 Å². The highest BCUT2D eigenvalue weighted by atomic mass is 35.5. The zero-order valence-corrected chi connectivity index (χ0v) is 13.7. The van der Waals surface area contributed by atoms with Crippen molar-refractivity contribution in [1.29, 1.82) is 0 Å². The van der Waals surface area contributed by atoms with Crippen molar-refractivity contribution >= 4 is 52.5 Å². The molecule has 112 valence electrons. The van der Waals surface area contributed by atoms with Crippen LogP contribution in [0.4, 0.5) is 5.69 Å². The van der Waals surface area contributed by atoms with Crippen molar-refractivity contribution in [2.75, 3.05) is 4.90 Å². The Morgan fingerprint density at radius 3 is 2.41 bits per heavy atom. The summed E-state index contributed by atoms with van der Waals surface area (Å²) in [6, 6.07) is 14.3. The van der Waals surface area contributed by atoms with Crippen LogP contribution in [0.5, 0.6) is 0 Å². The van der Waals surface area contributed by atoms with E-state index in [2.05, 4.69) is 0 Å². The first kappa shape index (κ1) is 15.4. The molecule has 0 bridgehead atoms. The average Bonchev–Trinajstić information content (AvgIpc) is 2.78. The van der Waals surface area contributed by atoms with E-state index in [1.165, 1.54) is 22.7 Å². The highest BCUT2D eigenvalue weighted by Gasteiger charge is 2.40.